The molecule has 6 nitrogen and oxygen atoms in total. The van der Waals surface area contributed by atoms with E-state index in [0.717, 1.165) is 12.8 Å². The molecule has 0 atom stereocenters. The normalized spacial score (nSPS) is 12.7. The third kappa shape index (κ3) is 10.2. The Morgan fingerprint density at radius 2 is 1.96 bits per heavy atom. The standard InChI is InChI=1S/C14H26N4O2S2.HI/c1-6-15-13(16-9-12-8-7-11(2)21-12)17-10-14(3,4)18-22(5,19)20;/h7-8,18H,6,9-10H2,1-5H3,(H2,15,16,17);1H. The Bertz CT molecular complexity index is 612. The first-order valence-corrected chi connectivity index (χ1v) is 9.88. The van der Waals surface area contributed by atoms with Crippen molar-refractivity contribution < 1.29 is 8.42 Å². The highest BCUT2D eigenvalue weighted by Crippen LogP contribution is 2.15. The van der Waals surface area contributed by atoms with E-state index in [9.17, 15) is 8.42 Å². The number of guanidine groups is 1. The molecule has 0 saturated carbocycles. The molecule has 0 fully saturated rings. The molecular formula is C14H27IN4O2S2. The largest absolute Gasteiger partial charge is 0.357 e. The minimum Gasteiger partial charge on any atom is -0.357 e. The Morgan fingerprint density at radius 1 is 1.30 bits per heavy atom. The van der Waals surface area contributed by atoms with E-state index in [-0.39, 0.29) is 24.0 Å². The Balaban J connectivity index is 0.00000484. The van der Waals surface area contributed by atoms with Crippen molar-refractivity contribution >= 4 is 51.3 Å². The van der Waals surface area contributed by atoms with Gasteiger partial charge in [-0.1, -0.05) is 0 Å². The number of nitrogens with zero attached hydrogens (tertiary/aromatic N) is 1. The minimum absolute atomic E-state index is 0. The lowest BCUT2D eigenvalue weighted by atomic mass is 10.1. The molecule has 134 valence electrons. The molecule has 1 aromatic heterocycles. The van der Waals surface area contributed by atoms with Gasteiger partial charge in [0.2, 0.25) is 10.0 Å². The number of halogens is 1. The van der Waals surface area contributed by atoms with Crippen LogP contribution in [0.5, 0.6) is 0 Å². The van der Waals surface area contributed by atoms with Crippen LogP contribution < -0.4 is 15.4 Å². The van der Waals surface area contributed by atoms with Gasteiger partial charge >= 0.3 is 0 Å². The van der Waals surface area contributed by atoms with Gasteiger partial charge in [0.1, 0.15) is 0 Å². The van der Waals surface area contributed by atoms with E-state index in [1.807, 2.05) is 20.8 Å². The molecule has 0 radical (unpaired) electrons. The molecule has 0 aromatic carbocycles. The number of aryl methyl sites for hydroxylation is 1. The van der Waals surface area contributed by atoms with Crippen molar-refractivity contribution in [3.8, 4) is 0 Å². The lowest BCUT2D eigenvalue weighted by Crippen LogP contribution is -2.53. The number of hydrogen-bond acceptors (Lipinski definition) is 4. The zero-order valence-corrected chi connectivity index (χ0v) is 18.2. The minimum atomic E-state index is -3.24. The Hall–Kier alpha value is -0.390. The molecule has 23 heavy (non-hydrogen) atoms. The van der Waals surface area contributed by atoms with Crippen molar-refractivity contribution in [3.05, 3.63) is 21.9 Å². The van der Waals surface area contributed by atoms with Crippen LogP contribution in [0, 0.1) is 6.92 Å². The van der Waals surface area contributed by atoms with Gasteiger partial charge in [0.25, 0.3) is 0 Å². The third-order valence-corrected chi connectivity index (χ3v) is 4.60. The second-order valence-corrected chi connectivity index (χ2v) is 8.94. The monoisotopic (exact) mass is 474 g/mol. The van der Waals surface area contributed by atoms with Gasteiger partial charge in [0, 0.05) is 28.4 Å². The van der Waals surface area contributed by atoms with Crippen molar-refractivity contribution in [2.24, 2.45) is 4.99 Å². The molecular weight excluding hydrogens is 447 g/mol. The first kappa shape index (κ1) is 22.6. The van der Waals surface area contributed by atoms with Crippen LogP contribution in [0.4, 0.5) is 0 Å². The number of sulfonamides is 1. The van der Waals surface area contributed by atoms with Crippen LogP contribution in [0.15, 0.2) is 17.1 Å². The first-order valence-electron chi connectivity index (χ1n) is 7.18. The summed E-state index contributed by atoms with van der Waals surface area (Å²) in [5.41, 5.74) is -0.594. The van der Waals surface area contributed by atoms with E-state index in [1.54, 1.807) is 11.3 Å². The number of nitrogens with one attached hydrogen (secondary N) is 3. The zero-order chi connectivity index (χ0) is 16.8. The molecule has 0 amide bonds. The summed E-state index contributed by atoms with van der Waals surface area (Å²) in [6.07, 6.45) is 1.16. The Kier molecular flexibility index (Phi) is 9.63. The van der Waals surface area contributed by atoms with Crippen LogP contribution in [0.25, 0.3) is 0 Å². The van der Waals surface area contributed by atoms with Crippen LogP contribution in [-0.4, -0.2) is 39.3 Å². The first-order chi connectivity index (χ1) is 10.1. The second-order valence-electron chi connectivity index (χ2n) is 5.82. The van der Waals surface area contributed by atoms with E-state index in [0.29, 0.717) is 19.0 Å². The molecule has 0 bridgehead atoms. The fourth-order valence-corrected chi connectivity index (χ4v) is 3.80. The molecule has 0 aliphatic rings. The van der Waals surface area contributed by atoms with Crippen molar-refractivity contribution in [1.82, 2.24) is 15.4 Å². The molecule has 9 heteroatoms. The fraction of sp³-hybridized carbons (Fsp3) is 0.643. The van der Waals surface area contributed by atoms with E-state index in [2.05, 4.69) is 39.4 Å². The second kappa shape index (κ2) is 9.80. The summed E-state index contributed by atoms with van der Waals surface area (Å²) in [7, 11) is -3.24. The molecule has 0 aliphatic heterocycles. The quantitative estimate of drug-likeness (QED) is 0.321. The highest BCUT2D eigenvalue weighted by Gasteiger charge is 2.22. The van der Waals surface area contributed by atoms with Crippen molar-refractivity contribution in [1.29, 1.82) is 0 Å². The van der Waals surface area contributed by atoms with Gasteiger partial charge in [-0.25, -0.2) is 18.1 Å². The van der Waals surface area contributed by atoms with Gasteiger partial charge in [0.05, 0.1) is 12.8 Å². The molecule has 3 N–H and O–H groups in total. The number of rotatable bonds is 7. The summed E-state index contributed by atoms with van der Waals surface area (Å²) in [6, 6.07) is 4.15. The smallest absolute Gasteiger partial charge is 0.209 e. The molecule has 0 saturated heterocycles. The third-order valence-electron chi connectivity index (χ3n) is 2.69. The topological polar surface area (TPSA) is 82.6 Å². The van der Waals surface area contributed by atoms with E-state index in [4.69, 9.17) is 0 Å². The van der Waals surface area contributed by atoms with Gasteiger partial charge in [-0.2, -0.15) is 0 Å². The summed E-state index contributed by atoms with van der Waals surface area (Å²) in [4.78, 5) is 6.99. The molecule has 1 rings (SSSR count). The predicted molar refractivity (Wildman–Crippen MR) is 109 cm³/mol. The number of thiophene rings is 1. The van der Waals surface area contributed by atoms with Crippen molar-refractivity contribution in [3.63, 3.8) is 0 Å². The zero-order valence-electron chi connectivity index (χ0n) is 14.3. The van der Waals surface area contributed by atoms with Crippen LogP contribution in [0.3, 0.4) is 0 Å². The summed E-state index contributed by atoms with van der Waals surface area (Å²) in [6.45, 7) is 9.51. The Morgan fingerprint density at radius 3 is 2.43 bits per heavy atom. The summed E-state index contributed by atoms with van der Waals surface area (Å²) >= 11 is 1.73. The lowest BCUT2D eigenvalue weighted by Gasteiger charge is -2.26. The van der Waals surface area contributed by atoms with Gasteiger partial charge < -0.3 is 10.6 Å². The van der Waals surface area contributed by atoms with E-state index in [1.165, 1.54) is 9.75 Å². The highest BCUT2D eigenvalue weighted by molar-refractivity contribution is 14.0. The molecule has 1 aromatic rings. The molecule has 0 unspecified atom stereocenters. The average Bonchev–Trinajstić information content (AvgIpc) is 2.76. The van der Waals surface area contributed by atoms with Crippen LogP contribution >= 0.6 is 35.3 Å². The van der Waals surface area contributed by atoms with Gasteiger partial charge in [-0.15, -0.1) is 35.3 Å². The summed E-state index contributed by atoms with van der Waals surface area (Å²) in [5.74, 6) is 0.678. The maximum atomic E-state index is 11.3. The van der Waals surface area contributed by atoms with Crippen LogP contribution in [0.1, 0.15) is 30.5 Å². The molecule has 0 spiro atoms. The SMILES string of the molecule is CCNC(=NCc1ccc(C)s1)NCC(C)(C)NS(C)(=O)=O.I. The average molecular weight is 474 g/mol. The van der Waals surface area contributed by atoms with Gasteiger partial charge in [0.15, 0.2) is 5.96 Å². The maximum absolute atomic E-state index is 11.3. The summed E-state index contributed by atoms with van der Waals surface area (Å²) < 4.78 is 25.3. The highest BCUT2D eigenvalue weighted by atomic mass is 127. The van der Waals surface area contributed by atoms with Gasteiger partial charge in [-0.3, -0.25) is 0 Å². The number of aliphatic imine (C=N–C) groups is 1. The molecule has 1 heterocycles. The Labute approximate surface area is 160 Å². The lowest BCUT2D eigenvalue weighted by molar-refractivity contribution is 0.446. The van der Waals surface area contributed by atoms with Crippen LogP contribution in [-0.2, 0) is 16.6 Å². The van der Waals surface area contributed by atoms with E-state index >= 15 is 0 Å². The summed E-state index contributed by atoms with van der Waals surface area (Å²) in [5, 5.41) is 6.34. The molecule has 0 aliphatic carbocycles. The fourth-order valence-electron chi connectivity index (χ4n) is 1.91. The number of hydrogen-bond donors (Lipinski definition) is 3. The van der Waals surface area contributed by atoms with Crippen molar-refractivity contribution in [2.45, 2.75) is 39.8 Å². The van der Waals surface area contributed by atoms with Crippen molar-refractivity contribution in [2.75, 3.05) is 19.3 Å². The predicted octanol–water partition coefficient (Wildman–Crippen LogP) is 2.06. The van der Waals surface area contributed by atoms with E-state index < -0.39 is 15.6 Å². The van der Waals surface area contributed by atoms with Gasteiger partial charge in [-0.05, 0) is 39.8 Å². The van der Waals surface area contributed by atoms with Crippen LogP contribution in [0.2, 0.25) is 0 Å². The maximum Gasteiger partial charge on any atom is 0.209 e.